The Labute approximate surface area is 95.0 Å². The maximum Gasteiger partial charge on any atom is 0.255 e. The van der Waals surface area contributed by atoms with E-state index < -0.39 is 0 Å². The van der Waals surface area contributed by atoms with Gasteiger partial charge in [0.25, 0.3) is 5.91 Å². The zero-order chi connectivity index (χ0) is 11.8. The summed E-state index contributed by atoms with van der Waals surface area (Å²) in [6.07, 6.45) is 4.85. The third-order valence-electron chi connectivity index (χ3n) is 3.34. The number of hydrogen-bond donors (Lipinski definition) is 2. The average molecular weight is 222 g/mol. The molecule has 1 aromatic rings. The van der Waals surface area contributed by atoms with Crippen molar-refractivity contribution in [1.29, 1.82) is 0 Å². The van der Waals surface area contributed by atoms with Crippen molar-refractivity contribution in [2.75, 3.05) is 6.54 Å². The standard InChI is InChI=1S/C11H18N4O/c1-8-9(6-15(2)14-8)10(16)13-11(7-12)4-3-5-11/h6H,3-5,7,12H2,1-2H3,(H,13,16). The fraction of sp³-hybridized carbons (Fsp3) is 0.636. The monoisotopic (exact) mass is 222 g/mol. The normalized spacial score (nSPS) is 17.9. The van der Waals surface area contributed by atoms with Gasteiger partial charge in [0, 0.05) is 19.8 Å². The van der Waals surface area contributed by atoms with E-state index in [1.165, 1.54) is 0 Å². The van der Waals surface area contributed by atoms with Gasteiger partial charge in [-0.3, -0.25) is 9.48 Å². The van der Waals surface area contributed by atoms with Gasteiger partial charge in [-0.1, -0.05) is 0 Å². The highest BCUT2D eigenvalue weighted by molar-refractivity contribution is 5.95. The molecular weight excluding hydrogens is 204 g/mol. The van der Waals surface area contributed by atoms with Crippen LogP contribution in [0.3, 0.4) is 0 Å². The van der Waals surface area contributed by atoms with E-state index in [-0.39, 0.29) is 11.4 Å². The molecular formula is C11H18N4O. The number of nitrogens with two attached hydrogens (primary N) is 1. The highest BCUT2D eigenvalue weighted by atomic mass is 16.1. The molecule has 1 aromatic heterocycles. The molecule has 0 spiro atoms. The number of rotatable bonds is 3. The van der Waals surface area contributed by atoms with Gasteiger partial charge in [0.1, 0.15) is 0 Å². The van der Waals surface area contributed by atoms with E-state index >= 15 is 0 Å². The molecule has 5 heteroatoms. The van der Waals surface area contributed by atoms with Crippen LogP contribution in [0.25, 0.3) is 0 Å². The molecule has 88 valence electrons. The van der Waals surface area contributed by atoms with Crippen molar-refractivity contribution >= 4 is 5.91 Å². The molecule has 5 nitrogen and oxygen atoms in total. The van der Waals surface area contributed by atoms with Crippen LogP contribution >= 0.6 is 0 Å². The molecule has 1 amide bonds. The van der Waals surface area contributed by atoms with Crippen molar-refractivity contribution in [1.82, 2.24) is 15.1 Å². The lowest BCUT2D eigenvalue weighted by atomic mass is 9.76. The molecule has 1 saturated carbocycles. The zero-order valence-electron chi connectivity index (χ0n) is 9.79. The van der Waals surface area contributed by atoms with E-state index in [0.29, 0.717) is 12.1 Å². The van der Waals surface area contributed by atoms with Gasteiger partial charge in [-0.25, -0.2) is 0 Å². The summed E-state index contributed by atoms with van der Waals surface area (Å²) >= 11 is 0. The Kier molecular flexibility index (Phi) is 2.71. The minimum Gasteiger partial charge on any atom is -0.345 e. The molecule has 0 unspecified atom stereocenters. The fourth-order valence-corrected chi connectivity index (χ4v) is 2.11. The summed E-state index contributed by atoms with van der Waals surface area (Å²) in [6.45, 7) is 2.35. The lowest BCUT2D eigenvalue weighted by Crippen LogP contribution is -2.58. The molecule has 0 bridgehead atoms. The van der Waals surface area contributed by atoms with Gasteiger partial charge in [-0.2, -0.15) is 5.10 Å². The van der Waals surface area contributed by atoms with Crippen LogP contribution in [-0.2, 0) is 7.05 Å². The summed E-state index contributed by atoms with van der Waals surface area (Å²) in [5.74, 6) is -0.0595. The van der Waals surface area contributed by atoms with Gasteiger partial charge >= 0.3 is 0 Å². The summed E-state index contributed by atoms with van der Waals surface area (Å²) in [4.78, 5) is 12.0. The smallest absolute Gasteiger partial charge is 0.255 e. The summed E-state index contributed by atoms with van der Waals surface area (Å²) in [7, 11) is 1.81. The first-order chi connectivity index (χ1) is 7.56. The lowest BCUT2D eigenvalue weighted by molar-refractivity contribution is 0.0837. The van der Waals surface area contributed by atoms with Crippen molar-refractivity contribution in [3.05, 3.63) is 17.5 Å². The molecule has 16 heavy (non-hydrogen) atoms. The first-order valence-electron chi connectivity index (χ1n) is 5.59. The second kappa shape index (κ2) is 3.90. The number of nitrogens with zero attached hydrogens (tertiary/aromatic N) is 2. The fourth-order valence-electron chi connectivity index (χ4n) is 2.11. The summed E-state index contributed by atoms with van der Waals surface area (Å²) in [5, 5.41) is 7.19. The molecule has 1 aliphatic rings. The highest BCUT2D eigenvalue weighted by Crippen LogP contribution is 2.31. The molecule has 0 aromatic carbocycles. The van der Waals surface area contributed by atoms with Gasteiger partial charge in [0.2, 0.25) is 0 Å². The third kappa shape index (κ3) is 1.82. The highest BCUT2D eigenvalue weighted by Gasteiger charge is 2.37. The van der Waals surface area contributed by atoms with Crippen LogP contribution in [0.15, 0.2) is 6.20 Å². The Morgan fingerprint density at radius 3 is 2.75 bits per heavy atom. The van der Waals surface area contributed by atoms with E-state index in [1.807, 2.05) is 14.0 Å². The van der Waals surface area contributed by atoms with Gasteiger partial charge < -0.3 is 11.1 Å². The number of hydrogen-bond acceptors (Lipinski definition) is 3. The van der Waals surface area contributed by atoms with Crippen molar-refractivity contribution in [2.45, 2.75) is 31.7 Å². The van der Waals surface area contributed by atoms with E-state index in [4.69, 9.17) is 5.73 Å². The number of carbonyl (C=O) groups is 1. The van der Waals surface area contributed by atoms with E-state index in [0.717, 1.165) is 25.0 Å². The third-order valence-corrected chi connectivity index (χ3v) is 3.34. The number of amides is 1. The zero-order valence-corrected chi connectivity index (χ0v) is 9.79. The number of carbonyl (C=O) groups excluding carboxylic acids is 1. The minimum atomic E-state index is -0.167. The van der Waals surface area contributed by atoms with Crippen molar-refractivity contribution in [3.63, 3.8) is 0 Å². The van der Waals surface area contributed by atoms with Gasteiger partial charge in [0.15, 0.2) is 0 Å². The summed E-state index contributed by atoms with van der Waals surface area (Å²) < 4.78 is 1.65. The Hall–Kier alpha value is -1.36. The molecule has 1 aliphatic carbocycles. The number of aromatic nitrogens is 2. The predicted molar refractivity (Wildman–Crippen MR) is 61.0 cm³/mol. The molecule has 2 rings (SSSR count). The van der Waals surface area contributed by atoms with Crippen molar-refractivity contribution in [2.24, 2.45) is 12.8 Å². The molecule has 0 atom stereocenters. The predicted octanol–water partition coefficient (Wildman–Crippen LogP) is 0.340. The van der Waals surface area contributed by atoms with Crippen LogP contribution in [0.4, 0.5) is 0 Å². The number of nitrogens with one attached hydrogen (secondary N) is 1. The SMILES string of the molecule is Cc1nn(C)cc1C(=O)NC1(CN)CCC1. The summed E-state index contributed by atoms with van der Waals surface area (Å²) in [6, 6.07) is 0. The van der Waals surface area contributed by atoms with E-state index in [2.05, 4.69) is 10.4 Å². The lowest BCUT2D eigenvalue weighted by Gasteiger charge is -2.41. The van der Waals surface area contributed by atoms with Crippen LogP contribution in [-0.4, -0.2) is 27.8 Å². The van der Waals surface area contributed by atoms with Crippen LogP contribution < -0.4 is 11.1 Å². The van der Waals surface area contributed by atoms with Crippen LogP contribution in [0, 0.1) is 6.92 Å². The Morgan fingerprint density at radius 2 is 2.38 bits per heavy atom. The molecule has 0 aliphatic heterocycles. The molecule has 3 N–H and O–H groups in total. The number of aryl methyl sites for hydroxylation is 2. The van der Waals surface area contributed by atoms with E-state index in [1.54, 1.807) is 10.9 Å². The Morgan fingerprint density at radius 1 is 1.69 bits per heavy atom. The Bertz CT molecular complexity index is 401. The summed E-state index contributed by atoms with van der Waals surface area (Å²) in [5.41, 5.74) is 6.93. The largest absolute Gasteiger partial charge is 0.345 e. The molecule has 0 saturated heterocycles. The topological polar surface area (TPSA) is 72.9 Å². The molecule has 0 radical (unpaired) electrons. The van der Waals surface area contributed by atoms with Gasteiger partial charge in [0.05, 0.1) is 16.8 Å². The molecule has 1 fully saturated rings. The first-order valence-corrected chi connectivity index (χ1v) is 5.59. The van der Waals surface area contributed by atoms with Crippen LogP contribution in [0.2, 0.25) is 0 Å². The second-order valence-corrected chi connectivity index (χ2v) is 4.59. The maximum atomic E-state index is 12.0. The first kappa shape index (κ1) is 11.1. The second-order valence-electron chi connectivity index (χ2n) is 4.59. The van der Waals surface area contributed by atoms with Crippen LogP contribution in [0.1, 0.15) is 35.3 Å². The van der Waals surface area contributed by atoms with Crippen molar-refractivity contribution < 1.29 is 4.79 Å². The van der Waals surface area contributed by atoms with Crippen LogP contribution in [0.5, 0.6) is 0 Å². The average Bonchev–Trinajstić information content (AvgIpc) is 2.51. The Balaban J connectivity index is 2.11. The van der Waals surface area contributed by atoms with Crippen molar-refractivity contribution in [3.8, 4) is 0 Å². The molecule has 1 heterocycles. The maximum absolute atomic E-state index is 12.0. The van der Waals surface area contributed by atoms with Gasteiger partial charge in [-0.05, 0) is 26.2 Å². The van der Waals surface area contributed by atoms with Gasteiger partial charge in [-0.15, -0.1) is 0 Å². The van der Waals surface area contributed by atoms with E-state index in [9.17, 15) is 4.79 Å². The quantitative estimate of drug-likeness (QED) is 0.774. The minimum absolute atomic E-state index is 0.0595.